The van der Waals surface area contributed by atoms with Crippen LogP contribution in [0.4, 0.5) is 0 Å². The molecule has 86 valence electrons. The first-order valence-electron chi connectivity index (χ1n) is 5.37. The van der Waals surface area contributed by atoms with Gasteiger partial charge >= 0.3 is 0 Å². The molecule has 0 aliphatic rings. The highest BCUT2D eigenvalue weighted by Crippen LogP contribution is 1.92. The molecule has 2 amide bonds. The second kappa shape index (κ2) is 9.24. The van der Waals surface area contributed by atoms with Gasteiger partial charge < -0.3 is 10.6 Å². The van der Waals surface area contributed by atoms with Gasteiger partial charge in [0.15, 0.2) is 0 Å². The number of rotatable bonds is 8. The molecule has 2 N–H and O–H groups in total. The fourth-order valence-electron chi connectivity index (χ4n) is 1.06. The summed E-state index contributed by atoms with van der Waals surface area (Å²) in [5.41, 5.74) is 0. The number of carbonyl (C=O) groups is 2. The molecule has 0 atom stereocenters. The van der Waals surface area contributed by atoms with E-state index in [1.54, 1.807) is 0 Å². The minimum atomic E-state index is -0.130. The Labute approximate surface area is 91.1 Å². The summed E-state index contributed by atoms with van der Waals surface area (Å²) in [5.74, 6) is -0.0377. The molecule has 0 bridgehead atoms. The summed E-state index contributed by atoms with van der Waals surface area (Å²) in [4.78, 5) is 21.6. The van der Waals surface area contributed by atoms with E-state index in [0.29, 0.717) is 13.0 Å². The standard InChI is InChI=1S/C11H20N2O2/c1-3-10(14)12-8-6-5-7-9-13-11(15)4-2/h3H,1,4-9H2,2H3,(H,12,14)(H,13,15). The second-order valence-electron chi connectivity index (χ2n) is 3.26. The van der Waals surface area contributed by atoms with E-state index in [1.165, 1.54) is 6.08 Å². The molecule has 0 radical (unpaired) electrons. The molecule has 0 heterocycles. The normalized spacial score (nSPS) is 9.40. The third-order valence-electron chi connectivity index (χ3n) is 1.98. The van der Waals surface area contributed by atoms with Crippen molar-refractivity contribution in [1.29, 1.82) is 0 Å². The van der Waals surface area contributed by atoms with Crippen LogP contribution in [0.2, 0.25) is 0 Å². The van der Waals surface area contributed by atoms with Gasteiger partial charge in [-0.05, 0) is 25.3 Å². The maximum Gasteiger partial charge on any atom is 0.243 e. The molecule has 0 saturated carbocycles. The zero-order valence-electron chi connectivity index (χ0n) is 9.34. The van der Waals surface area contributed by atoms with Crippen molar-refractivity contribution in [3.8, 4) is 0 Å². The van der Waals surface area contributed by atoms with Crippen molar-refractivity contribution in [2.75, 3.05) is 13.1 Å². The number of carbonyl (C=O) groups excluding carboxylic acids is 2. The van der Waals surface area contributed by atoms with Gasteiger partial charge in [0.2, 0.25) is 11.8 Å². The first-order chi connectivity index (χ1) is 7.20. The largest absolute Gasteiger partial charge is 0.356 e. The van der Waals surface area contributed by atoms with Crippen LogP contribution in [0.1, 0.15) is 32.6 Å². The van der Waals surface area contributed by atoms with Crippen LogP contribution in [0.15, 0.2) is 12.7 Å². The lowest BCUT2D eigenvalue weighted by Gasteiger charge is -2.04. The van der Waals surface area contributed by atoms with Crippen molar-refractivity contribution in [1.82, 2.24) is 10.6 Å². The van der Waals surface area contributed by atoms with Crippen LogP contribution < -0.4 is 10.6 Å². The molecule has 0 aliphatic heterocycles. The topological polar surface area (TPSA) is 58.2 Å². The minimum absolute atomic E-state index is 0.0926. The maximum atomic E-state index is 10.8. The summed E-state index contributed by atoms with van der Waals surface area (Å²) in [6.07, 6.45) is 4.69. The van der Waals surface area contributed by atoms with E-state index in [2.05, 4.69) is 17.2 Å². The molecule has 0 fully saturated rings. The molecule has 4 nitrogen and oxygen atoms in total. The van der Waals surface area contributed by atoms with Crippen molar-refractivity contribution in [2.45, 2.75) is 32.6 Å². The highest BCUT2D eigenvalue weighted by atomic mass is 16.2. The van der Waals surface area contributed by atoms with Gasteiger partial charge in [-0.3, -0.25) is 9.59 Å². The fourth-order valence-corrected chi connectivity index (χ4v) is 1.06. The first-order valence-corrected chi connectivity index (χ1v) is 5.37. The SMILES string of the molecule is C=CC(=O)NCCCCCNC(=O)CC. The molecule has 4 heteroatoms. The van der Waals surface area contributed by atoms with E-state index in [1.807, 2.05) is 6.92 Å². The fraction of sp³-hybridized carbons (Fsp3) is 0.636. The minimum Gasteiger partial charge on any atom is -0.356 e. The molecule has 0 unspecified atom stereocenters. The Kier molecular flexibility index (Phi) is 8.43. The van der Waals surface area contributed by atoms with Gasteiger partial charge in [0, 0.05) is 19.5 Å². The smallest absolute Gasteiger partial charge is 0.243 e. The van der Waals surface area contributed by atoms with Gasteiger partial charge in [-0.1, -0.05) is 13.5 Å². The lowest BCUT2D eigenvalue weighted by atomic mass is 10.2. The number of hydrogen-bond acceptors (Lipinski definition) is 2. The molecule has 0 rings (SSSR count). The van der Waals surface area contributed by atoms with E-state index >= 15 is 0 Å². The average Bonchev–Trinajstić information content (AvgIpc) is 2.26. The van der Waals surface area contributed by atoms with Gasteiger partial charge in [-0.2, -0.15) is 0 Å². The van der Waals surface area contributed by atoms with E-state index in [9.17, 15) is 9.59 Å². The van der Waals surface area contributed by atoms with Crippen LogP contribution in [0, 0.1) is 0 Å². The Morgan fingerprint density at radius 3 is 2.27 bits per heavy atom. The van der Waals surface area contributed by atoms with Gasteiger partial charge in [0.25, 0.3) is 0 Å². The Hall–Kier alpha value is -1.32. The lowest BCUT2D eigenvalue weighted by molar-refractivity contribution is -0.120. The highest BCUT2D eigenvalue weighted by molar-refractivity contribution is 5.86. The molecular formula is C11H20N2O2. The molecule has 0 aromatic carbocycles. The molecule has 0 aliphatic carbocycles. The molecule has 0 spiro atoms. The van der Waals surface area contributed by atoms with E-state index in [0.717, 1.165) is 25.8 Å². The van der Waals surface area contributed by atoms with Gasteiger partial charge in [-0.25, -0.2) is 0 Å². The van der Waals surface area contributed by atoms with Gasteiger partial charge in [0.1, 0.15) is 0 Å². The monoisotopic (exact) mass is 212 g/mol. The van der Waals surface area contributed by atoms with Crippen molar-refractivity contribution in [3.63, 3.8) is 0 Å². The predicted octanol–water partition coefficient (Wildman–Crippen LogP) is 0.985. The zero-order valence-corrected chi connectivity index (χ0v) is 9.34. The second-order valence-corrected chi connectivity index (χ2v) is 3.26. The maximum absolute atomic E-state index is 10.8. The molecule has 0 aromatic rings. The third-order valence-corrected chi connectivity index (χ3v) is 1.98. The highest BCUT2D eigenvalue weighted by Gasteiger charge is 1.96. The van der Waals surface area contributed by atoms with E-state index in [4.69, 9.17) is 0 Å². The van der Waals surface area contributed by atoms with Crippen LogP contribution in [0.5, 0.6) is 0 Å². The van der Waals surface area contributed by atoms with Gasteiger partial charge in [0.05, 0.1) is 0 Å². The lowest BCUT2D eigenvalue weighted by Crippen LogP contribution is -2.24. The Balaban J connectivity index is 3.15. The first kappa shape index (κ1) is 13.7. The number of amides is 2. The van der Waals surface area contributed by atoms with E-state index < -0.39 is 0 Å². The van der Waals surface area contributed by atoms with Crippen LogP contribution >= 0.6 is 0 Å². The summed E-state index contributed by atoms with van der Waals surface area (Å²) in [6, 6.07) is 0. The summed E-state index contributed by atoms with van der Waals surface area (Å²) in [5, 5.41) is 5.50. The molecule has 0 aromatic heterocycles. The summed E-state index contributed by atoms with van der Waals surface area (Å²) in [6.45, 7) is 6.59. The van der Waals surface area contributed by atoms with Gasteiger partial charge in [-0.15, -0.1) is 0 Å². The average molecular weight is 212 g/mol. The Morgan fingerprint density at radius 1 is 1.13 bits per heavy atom. The summed E-state index contributed by atoms with van der Waals surface area (Å²) < 4.78 is 0. The number of nitrogens with one attached hydrogen (secondary N) is 2. The molecule has 15 heavy (non-hydrogen) atoms. The zero-order chi connectivity index (χ0) is 11.5. The van der Waals surface area contributed by atoms with E-state index in [-0.39, 0.29) is 11.8 Å². The van der Waals surface area contributed by atoms with Crippen LogP contribution in [0.3, 0.4) is 0 Å². The predicted molar refractivity (Wildman–Crippen MR) is 60.4 cm³/mol. The van der Waals surface area contributed by atoms with Crippen LogP contribution in [0.25, 0.3) is 0 Å². The Bertz CT molecular complexity index is 215. The summed E-state index contributed by atoms with van der Waals surface area (Å²) >= 11 is 0. The van der Waals surface area contributed by atoms with Crippen molar-refractivity contribution in [2.24, 2.45) is 0 Å². The molecular weight excluding hydrogens is 192 g/mol. The Morgan fingerprint density at radius 2 is 1.73 bits per heavy atom. The number of hydrogen-bond donors (Lipinski definition) is 2. The number of unbranched alkanes of at least 4 members (excludes halogenated alkanes) is 2. The van der Waals surface area contributed by atoms with Crippen molar-refractivity contribution >= 4 is 11.8 Å². The third kappa shape index (κ3) is 9.00. The van der Waals surface area contributed by atoms with Crippen molar-refractivity contribution < 1.29 is 9.59 Å². The molecule has 0 saturated heterocycles. The van der Waals surface area contributed by atoms with Crippen LogP contribution in [-0.2, 0) is 9.59 Å². The van der Waals surface area contributed by atoms with Crippen molar-refractivity contribution in [3.05, 3.63) is 12.7 Å². The van der Waals surface area contributed by atoms with Crippen LogP contribution in [-0.4, -0.2) is 24.9 Å². The quantitative estimate of drug-likeness (QED) is 0.465. The summed E-state index contributed by atoms with van der Waals surface area (Å²) in [7, 11) is 0.